The highest BCUT2D eigenvalue weighted by molar-refractivity contribution is 6.33. The molecular formula is C14H14ClN3O. The predicted molar refractivity (Wildman–Crippen MR) is 77.9 cm³/mol. The van der Waals surface area contributed by atoms with Gasteiger partial charge in [0.1, 0.15) is 5.82 Å². The number of carbonyl (C=O) groups is 1. The highest BCUT2D eigenvalue weighted by atomic mass is 35.5. The molecule has 1 heterocycles. The number of aromatic nitrogens is 1. The zero-order chi connectivity index (χ0) is 13.8. The van der Waals surface area contributed by atoms with Crippen molar-refractivity contribution >= 4 is 29.0 Å². The average molecular weight is 276 g/mol. The number of rotatable bonds is 3. The Bertz CT molecular complexity index is 596. The molecule has 2 aromatic rings. The number of hydrogen-bond donors (Lipinski definition) is 2. The van der Waals surface area contributed by atoms with Crippen LogP contribution in [0.4, 0.5) is 11.5 Å². The average Bonchev–Trinajstić information content (AvgIpc) is 2.43. The molecule has 1 aromatic carbocycles. The lowest BCUT2D eigenvalue weighted by Crippen LogP contribution is -2.12. The molecule has 1 aromatic heterocycles. The van der Waals surface area contributed by atoms with Crippen molar-refractivity contribution in [2.24, 2.45) is 0 Å². The summed E-state index contributed by atoms with van der Waals surface area (Å²) in [5.74, 6) is 0.479. The Balaban J connectivity index is 2.18. The molecule has 0 aliphatic rings. The summed E-state index contributed by atoms with van der Waals surface area (Å²) < 4.78 is 0. The molecule has 5 heteroatoms. The van der Waals surface area contributed by atoms with Crippen molar-refractivity contribution in [1.29, 1.82) is 0 Å². The number of amides is 1. The fourth-order valence-electron chi connectivity index (χ4n) is 1.61. The van der Waals surface area contributed by atoms with Crippen LogP contribution >= 0.6 is 11.6 Å². The van der Waals surface area contributed by atoms with Gasteiger partial charge in [-0.05, 0) is 36.8 Å². The van der Waals surface area contributed by atoms with Gasteiger partial charge in [-0.15, -0.1) is 0 Å². The highest BCUT2D eigenvalue weighted by Crippen LogP contribution is 2.23. The van der Waals surface area contributed by atoms with Crippen molar-refractivity contribution in [2.45, 2.75) is 6.92 Å². The first-order valence-electron chi connectivity index (χ1n) is 5.81. The van der Waals surface area contributed by atoms with Gasteiger partial charge in [0.25, 0.3) is 5.91 Å². The minimum atomic E-state index is -0.234. The summed E-state index contributed by atoms with van der Waals surface area (Å²) in [5.41, 5.74) is 2.12. The maximum atomic E-state index is 12.0. The van der Waals surface area contributed by atoms with Crippen molar-refractivity contribution < 1.29 is 4.79 Å². The summed E-state index contributed by atoms with van der Waals surface area (Å²) in [5, 5.41) is 6.18. The molecule has 0 aliphatic carbocycles. The SMILES string of the molecule is CNc1ccc(C(=O)Nc2cc(C)ccc2Cl)cn1. The van der Waals surface area contributed by atoms with Crippen LogP contribution < -0.4 is 10.6 Å². The van der Waals surface area contributed by atoms with Crippen molar-refractivity contribution in [3.8, 4) is 0 Å². The number of hydrogen-bond acceptors (Lipinski definition) is 3. The molecule has 0 spiro atoms. The van der Waals surface area contributed by atoms with Crippen LogP contribution in [0.2, 0.25) is 5.02 Å². The van der Waals surface area contributed by atoms with E-state index in [0.29, 0.717) is 22.1 Å². The molecular weight excluding hydrogens is 262 g/mol. The van der Waals surface area contributed by atoms with E-state index in [4.69, 9.17) is 11.6 Å². The molecule has 0 aliphatic heterocycles. The second-order valence-electron chi connectivity index (χ2n) is 4.12. The van der Waals surface area contributed by atoms with Gasteiger partial charge in [-0.25, -0.2) is 4.98 Å². The van der Waals surface area contributed by atoms with Crippen molar-refractivity contribution in [3.05, 3.63) is 52.7 Å². The molecule has 0 unspecified atom stereocenters. The summed E-state index contributed by atoms with van der Waals surface area (Å²) in [4.78, 5) is 16.1. The Hall–Kier alpha value is -2.07. The molecule has 19 heavy (non-hydrogen) atoms. The number of carbonyl (C=O) groups excluding carboxylic acids is 1. The largest absolute Gasteiger partial charge is 0.373 e. The van der Waals surface area contributed by atoms with Gasteiger partial charge in [0, 0.05) is 13.2 Å². The first kappa shape index (κ1) is 13.4. The van der Waals surface area contributed by atoms with E-state index in [1.54, 1.807) is 25.2 Å². The van der Waals surface area contributed by atoms with E-state index in [1.807, 2.05) is 19.1 Å². The number of nitrogens with one attached hydrogen (secondary N) is 2. The topological polar surface area (TPSA) is 54.0 Å². The van der Waals surface area contributed by atoms with Gasteiger partial charge in [0.15, 0.2) is 0 Å². The van der Waals surface area contributed by atoms with Crippen LogP contribution in [0.5, 0.6) is 0 Å². The standard InChI is InChI=1S/C14H14ClN3O/c1-9-3-5-11(15)12(7-9)18-14(19)10-4-6-13(16-2)17-8-10/h3-8H,1-2H3,(H,16,17)(H,18,19). The molecule has 0 saturated heterocycles. The Morgan fingerprint density at radius 1 is 1.26 bits per heavy atom. The predicted octanol–water partition coefficient (Wildman–Crippen LogP) is 3.34. The van der Waals surface area contributed by atoms with E-state index in [-0.39, 0.29) is 5.91 Å². The zero-order valence-electron chi connectivity index (χ0n) is 10.7. The van der Waals surface area contributed by atoms with Crippen LogP contribution in [0, 0.1) is 6.92 Å². The molecule has 0 atom stereocenters. The number of benzene rings is 1. The van der Waals surface area contributed by atoms with Crippen molar-refractivity contribution in [3.63, 3.8) is 0 Å². The van der Waals surface area contributed by atoms with Gasteiger partial charge in [-0.2, -0.15) is 0 Å². The second kappa shape index (κ2) is 5.71. The summed E-state index contributed by atoms with van der Waals surface area (Å²) in [6.07, 6.45) is 1.52. The first-order valence-corrected chi connectivity index (χ1v) is 6.19. The Kier molecular flexibility index (Phi) is 4.02. The van der Waals surface area contributed by atoms with Crippen LogP contribution in [0.3, 0.4) is 0 Å². The molecule has 0 radical (unpaired) electrons. The highest BCUT2D eigenvalue weighted by Gasteiger charge is 2.09. The molecule has 0 fully saturated rings. The second-order valence-corrected chi connectivity index (χ2v) is 4.53. The van der Waals surface area contributed by atoms with E-state index < -0.39 is 0 Å². The zero-order valence-corrected chi connectivity index (χ0v) is 11.5. The molecule has 4 nitrogen and oxygen atoms in total. The van der Waals surface area contributed by atoms with Gasteiger partial charge < -0.3 is 10.6 Å². The molecule has 2 N–H and O–H groups in total. The quantitative estimate of drug-likeness (QED) is 0.903. The molecule has 0 saturated carbocycles. The Morgan fingerprint density at radius 3 is 2.68 bits per heavy atom. The fraction of sp³-hybridized carbons (Fsp3) is 0.143. The molecule has 1 amide bonds. The van der Waals surface area contributed by atoms with Gasteiger partial charge in [0.05, 0.1) is 16.3 Å². The van der Waals surface area contributed by atoms with E-state index in [2.05, 4.69) is 15.6 Å². The normalized spacial score (nSPS) is 10.1. The molecule has 2 rings (SSSR count). The maximum absolute atomic E-state index is 12.0. The summed E-state index contributed by atoms with van der Waals surface area (Å²) in [7, 11) is 1.77. The third-order valence-corrected chi connectivity index (χ3v) is 2.98. The minimum absolute atomic E-state index is 0.234. The van der Waals surface area contributed by atoms with E-state index >= 15 is 0 Å². The van der Waals surface area contributed by atoms with Crippen LogP contribution in [0.1, 0.15) is 15.9 Å². The lowest BCUT2D eigenvalue weighted by Gasteiger charge is -2.08. The van der Waals surface area contributed by atoms with E-state index in [1.165, 1.54) is 6.20 Å². The summed E-state index contributed by atoms with van der Waals surface area (Å²) in [6.45, 7) is 1.94. The smallest absolute Gasteiger partial charge is 0.257 e. The summed E-state index contributed by atoms with van der Waals surface area (Å²) >= 11 is 6.04. The van der Waals surface area contributed by atoms with Gasteiger partial charge in [-0.1, -0.05) is 17.7 Å². The van der Waals surface area contributed by atoms with Crippen molar-refractivity contribution in [2.75, 3.05) is 17.7 Å². The number of nitrogens with zero attached hydrogens (tertiary/aromatic N) is 1. The minimum Gasteiger partial charge on any atom is -0.373 e. The number of halogens is 1. The van der Waals surface area contributed by atoms with Crippen LogP contribution in [-0.2, 0) is 0 Å². The number of aryl methyl sites for hydroxylation is 1. The van der Waals surface area contributed by atoms with Gasteiger partial charge in [0.2, 0.25) is 0 Å². The lowest BCUT2D eigenvalue weighted by molar-refractivity contribution is 0.102. The Labute approximate surface area is 116 Å². The first-order chi connectivity index (χ1) is 9.10. The third-order valence-electron chi connectivity index (χ3n) is 2.65. The molecule has 0 bridgehead atoms. The van der Waals surface area contributed by atoms with Crippen LogP contribution in [0.15, 0.2) is 36.5 Å². The van der Waals surface area contributed by atoms with Gasteiger partial charge in [-0.3, -0.25) is 4.79 Å². The Morgan fingerprint density at radius 2 is 2.05 bits per heavy atom. The maximum Gasteiger partial charge on any atom is 0.257 e. The van der Waals surface area contributed by atoms with Crippen LogP contribution in [-0.4, -0.2) is 17.9 Å². The van der Waals surface area contributed by atoms with E-state index in [9.17, 15) is 4.79 Å². The number of anilines is 2. The monoisotopic (exact) mass is 275 g/mol. The number of pyridine rings is 1. The van der Waals surface area contributed by atoms with E-state index in [0.717, 1.165) is 5.56 Å². The van der Waals surface area contributed by atoms with Crippen LogP contribution in [0.25, 0.3) is 0 Å². The lowest BCUT2D eigenvalue weighted by atomic mass is 10.2. The van der Waals surface area contributed by atoms with Crippen molar-refractivity contribution in [1.82, 2.24) is 4.98 Å². The molecule has 98 valence electrons. The summed E-state index contributed by atoms with van der Waals surface area (Å²) in [6, 6.07) is 8.93. The third kappa shape index (κ3) is 3.23. The fourth-order valence-corrected chi connectivity index (χ4v) is 1.77. The van der Waals surface area contributed by atoms with Gasteiger partial charge >= 0.3 is 0 Å².